The number of carbonyl (C=O) groups is 2. The predicted octanol–water partition coefficient (Wildman–Crippen LogP) is 3.70. The van der Waals surface area contributed by atoms with E-state index in [1.165, 1.54) is 12.1 Å². The molecular weight excluding hydrogens is 350 g/mol. The zero-order chi connectivity index (χ0) is 19.3. The Morgan fingerprint density at radius 1 is 1.15 bits per heavy atom. The molecule has 0 spiro atoms. The van der Waals surface area contributed by atoms with Crippen molar-refractivity contribution in [2.45, 2.75) is 32.4 Å². The van der Waals surface area contributed by atoms with E-state index in [1.807, 2.05) is 25.1 Å². The zero-order valence-corrected chi connectivity index (χ0v) is 15.9. The van der Waals surface area contributed by atoms with Gasteiger partial charge in [-0.05, 0) is 41.7 Å². The second-order valence-electron chi connectivity index (χ2n) is 6.48. The standard InChI is InChI=1S/C20H23NO4S/c1-13(2)17-9-4-6-14(3)19(17)21-18(22)12-26(25)11-15-7-5-8-16(10-15)20(23)24/h4-10,13H,11-12H2,1-3H3,(H,21,22)(H,23,24). The minimum absolute atomic E-state index is 0.136. The molecule has 1 atom stereocenters. The number of carbonyl (C=O) groups excluding carboxylic acids is 1. The van der Waals surface area contributed by atoms with Gasteiger partial charge in [0.1, 0.15) is 5.75 Å². The van der Waals surface area contributed by atoms with E-state index < -0.39 is 16.8 Å². The van der Waals surface area contributed by atoms with Gasteiger partial charge in [0.2, 0.25) is 5.91 Å². The molecule has 0 bridgehead atoms. The third kappa shape index (κ3) is 5.26. The van der Waals surface area contributed by atoms with Crippen LogP contribution in [0.5, 0.6) is 0 Å². The monoisotopic (exact) mass is 373 g/mol. The number of amides is 1. The Labute approximate surface area is 155 Å². The summed E-state index contributed by atoms with van der Waals surface area (Å²) in [5.74, 6) is -1.08. The van der Waals surface area contributed by atoms with E-state index >= 15 is 0 Å². The number of hydrogen-bond donors (Lipinski definition) is 2. The molecule has 0 saturated carbocycles. The molecule has 0 fully saturated rings. The van der Waals surface area contributed by atoms with Crippen LogP contribution in [0.25, 0.3) is 0 Å². The van der Waals surface area contributed by atoms with Crippen molar-refractivity contribution in [2.24, 2.45) is 0 Å². The molecule has 1 unspecified atom stereocenters. The van der Waals surface area contributed by atoms with Gasteiger partial charge in [0, 0.05) is 22.2 Å². The summed E-state index contributed by atoms with van der Waals surface area (Å²) in [6.07, 6.45) is 0. The van der Waals surface area contributed by atoms with Crippen LogP contribution in [0.2, 0.25) is 0 Å². The fraction of sp³-hybridized carbons (Fsp3) is 0.300. The van der Waals surface area contributed by atoms with Crippen molar-refractivity contribution in [1.82, 2.24) is 0 Å². The van der Waals surface area contributed by atoms with Crippen LogP contribution in [0.3, 0.4) is 0 Å². The van der Waals surface area contributed by atoms with Crippen LogP contribution < -0.4 is 5.32 Å². The van der Waals surface area contributed by atoms with Crippen LogP contribution in [0, 0.1) is 6.92 Å². The summed E-state index contributed by atoms with van der Waals surface area (Å²) in [5, 5.41) is 11.9. The lowest BCUT2D eigenvalue weighted by atomic mass is 9.98. The molecule has 0 aliphatic carbocycles. The smallest absolute Gasteiger partial charge is 0.335 e. The number of carboxylic acids is 1. The first-order chi connectivity index (χ1) is 12.3. The molecule has 2 rings (SSSR count). The van der Waals surface area contributed by atoms with E-state index in [1.54, 1.807) is 12.1 Å². The van der Waals surface area contributed by atoms with E-state index in [0.29, 0.717) is 5.56 Å². The summed E-state index contributed by atoms with van der Waals surface area (Å²) in [6, 6.07) is 12.1. The maximum Gasteiger partial charge on any atom is 0.335 e. The predicted molar refractivity (Wildman–Crippen MR) is 104 cm³/mol. The Morgan fingerprint density at radius 2 is 1.85 bits per heavy atom. The molecule has 0 aromatic heterocycles. The van der Waals surface area contributed by atoms with E-state index in [0.717, 1.165) is 16.8 Å². The largest absolute Gasteiger partial charge is 0.478 e. The van der Waals surface area contributed by atoms with Gasteiger partial charge < -0.3 is 10.4 Å². The first kappa shape index (κ1) is 19.8. The molecular formula is C20H23NO4S. The molecule has 0 aliphatic rings. The van der Waals surface area contributed by atoms with Crippen molar-refractivity contribution in [3.8, 4) is 0 Å². The van der Waals surface area contributed by atoms with Gasteiger partial charge in [0.25, 0.3) is 0 Å². The Balaban J connectivity index is 2.03. The highest BCUT2D eigenvalue weighted by atomic mass is 32.2. The van der Waals surface area contributed by atoms with Gasteiger partial charge in [-0.1, -0.05) is 44.2 Å². The van der Waals surface area contributed by atoms with Gasteiger partial charge in [0.15, 0.2) is 0 Å². The maximum absolute atomic E-state index is 12.3. The second-order valence-corrected chi connectivity index (χ2v) is 7.93. The zero-order valence-electron chi connectivity index (χ0n) is 15.1. The number of hydrogen-bond acceptors (Lipinski definition) is 3. The first-order valence-electron chi connectivity index (χ1n) is 8.34. The van der Waals surface area contributed by atoms with E-state index in [2.05, 4.69) is 19.2 Å². The van der Waals surface area contributed by atoms with Crippen LogP contribution in [0.4, 0.5) is 5.69 Å². The molecule has 0 radical (unpaired) electrons. The fourth-order valence-electron chi connectivity index (χ4n) is 2.70. The van der Waals surface area contributed by atoms with Gasteiger partial charge in [-0.2, -0.15) is 0 Å². The third-order valence-corrected chi connectivity index (χ3v) is 5.22. The number of aromatic carboxylic acids is 1. The Morgan fingerprint density at radius 3 is 2.50 bits per heavy atom. The molecule has 1 amide bonds. The van der Waals surface area contributed by atoms with Crippen LogP contribution in [0.1, 0.15) is 46.8 Å². The van der Waals surface area contributed by atoms with E-state index in [4.69, 9.17) is 5.11 Å². The minimum atomic E-state index is -1.43. The number of nitrogens with one attached hydrogen (secondary N) is 1. The topological polar surface area (TPSA) is 83.5 Å². The molecule has 0 heterocycles. The molecule has 2 aromatic rings. The van der Waals surface area contributed by atoms with E-state index in [-0.39, 0.29) is 28.9 Å². The van der Waals surface area contributed by atoms with Crippen molar-refractivity contribution in [3.63, 3.8) is 0 Å². The highest BCUT2D eigenvalue weighted by molar-refractivity contribution is 7.84. The fourth-order valence-corrected chi connectivity index (χ4v) is 3.71. The maximum atomic E-state index is 12.3. The molecule has 0 saturated heterocycles. The SMILES string of the molecule is Cc1cccc(C(C)C)c1NC(=O)CS(=O)Cc1cccc(C(=O)O)c1. The van der Waals surface area contributed by atoms with Crippen LogP contribution in [-0.2, 0) is 21.3 Å². The number of para-hydroxylation sites is 1. The van der Waals surface area contributed by atoms with Crippen LogP contribution in [-0.4, -0.2) is 26.9 Å². The molecule has 26 heavy (non-hydrogen) atoms. The molecule has 138 valence electrons. The van der Waals surface area contributed by atoms with Gasteiger partial charge >= 0.3 is 5.97 Å². The minimum Gasteiger partial charge on any atom is -0.478 e. The van der Waals surface area contributed by atoms with Gasteiger partial charge in [-0.3, -0.25) is 9.00 Å². The van der Waals surface area contributed by atoms with Crippen molar-refractivity contribution >= 4 is 28.4 Å². The average Bonchev–Trinajstić information content (AvgIpc) is 2.56. The molecule has 2 N–H and O–H groups in total. The molecule has 2 aromatic carbocycles. The number of rotatable bonds is 7. The first-order valence-corrected chi connectivity index (χ1v) is 9.83. The lowest BCUT2D eigenvalue weighted by Gasteiger charge is -2.16. The summed E-state index contributed by atoms with van der Waals surface area (Å²) < 4.78 is 12.3. The number of aryl methyl sites for hydroxylation is 1. The van der Waals surface area contributed by atoms with Crippen LogP contribution in [0.15, 0.2) is 42.5 Å². The summed E-state index contributed by atoms with van der Waals surface area (Å²) >= 11 is 0. The summed E-state index contributed by atoms with van der Waals surface area (Å²) in [6.45, 7) is 6.03. The molecule has 0 aliphatic heterocycles. The summed E-state index contributed by atoms with van der Waals surface area (Å²) in [4.78, 5) is 23.3. The molecule has 5 nitrogen and oxygen atoms in total. The normalized spacial score (nSPS) is 12.0. The Hall–Kier alpha value is -2.47. The van der Waals surface area contributed by atoms with Crippen molar-refractivity contribution in [3.05, 3.63) is 64.7 Å². The number of carboxylic acid groups (broad SMARTS) is 1. The summed E-state index contributed by atoms with van der Waals surface area (Å²) in [5.41, 5.74) is 3.56. The number of anilines is 1. The van der Waals surface area contributed by atoms with Crippen molar-refractivity contribution in [2.75, 3.05) is 11.1 Å². The molecule has 6 heteroatoms. The Kier molecular flexibility index (Phi) is 6.69. The van der Waals surface area contributed by atoms with Gasteiger partial charge in [-0.25, -0.2) is 4.79 Å². The Bertz CT molecular complexity index is 845. The lowest BCUT2D eigenvalue weighted by Crippen LogP contribution is -2.21. The highest BCUT2D eigenvalue weighted by Crippen LogP contribution is 2.27. The number of benzene rings is 2. The quantitative estimate of drug-likeness (QED) is 0.775. The lowest BCUT2D eigenvalue weighted by molar-refractivity contribution is -0.113. The van der Waals surface area contributed by atoms with Gasteiger partial charge in [0.05, 0.1) is 5.56 Å². The van der Waals surface area contributed by atoms with Crippen molar-refractivity contribution < 1.29 is 18.9 Å². The van der Waals surface area contributed by atoms with Crippen molar-refractivity contribution in [1.29, 1.82) is 0 Å². The van der Waals surface area contributed by atoms with Gasteiger partial charge in [-0.15, -0.1) is 0 Å². The average molecular weight is 373 g/mol. The third-order valence-electron chi connectivity index (χ3n) is 3.99. The highest BCUT2D eigenvalue weighted by Gasteiger charge is 2.15. The van der Waals surface area contributed by atoms with E-state index in [9.17, 15) is 13.8 Å². The summed E-state index contributed by atoms with van der Waals surface area (Å²) in [7, 11) is -1.43. The van der Waals surface area contributed by atoms with Crippen LogP contribution >= 0.6 is 0 Å². The second kappa shape index (κ2) is 8.76.